The van der Waals surface area contributed by atoms with E-state index in [9.17, 15) is 8.42 Å². The van der Waals surface area contributed by atoms with Crippen LogP contribution in [0.5, 0.6) is 0 Å². The smallest absolute Gasteiger partial charge is 0.250 e. The molecule has 2 N–H and O–H groups in total. The lowest BCUT2D eigenvalue weighted by molar-refractivity contribution is -0.0156. The average molecular weight is 320 g/mol. The highest BCUT2D eigenvalue weighted by Gasteiger charge is 2.23. The summed E-state index contributed by atoms with van der Waals surface area (Å²) < 4.78 is 32.7. The van der Waals surface area contributed by atoms with Crippen molar-refractivity contribution in [1.29, 1.82) is 0 Å². The Morgan fingerprint density at radius 1 is 1.60 bits per heavy atom. The molecule has 0 amide bonds. The minimum atomic E-state index is -3.53. The molecule has 2 rings (SSSR count). The maximum Gasteiger partial charge on any atom is 0.250 e. The van der Waals surface area contributed by atoms with Crippen LogP contribution in [0.3, 0.4) is 0 Å². The van der Waals surface area contributed by atoms with Gasteiger partial charge in [-0.1, -0.05) is 0 Å². The van der Waals surface area contributed by atoms with Gasteiger partial charge in [0.05, 0.1) is 19.3 Å². The lowest BCUT2D eigenvalue weighted by Crippen LogP contribution is -2.45. The van der Waals surface area contributed by atoms with Crippen molar-refractivity contribution in [2.75, 3.05) is 33.3 Å². The number of sulfonamides is 1. The molecule has 0 bridgehead atoms. The van der Waals surface area contributed by atoms with Crippen LogP contribution >= 0.6 is 11.3 Å². The number of nitrogens with zero attached hydrogens (tertiary/aromatic N) is 1. The van der Waals surface area contributed by atoms with E-state index in [0.717, 1.165) is 23.4 Å². The van der Waals surface area contributed by atoms with Crippen molar-refractivity contribution in [2.45, 2.75) is 23.8 Å². The minimum Gasteiger partial charge on any atom is -0.391 e. The zero-order valence-corrected chi connectivity index (χ0v) is 13.3. The van der Waals surface area contributed by atoms with Crippen LogP contribution in [-0.4, -0.2) is 57.8 Å². The molecule has 0 radical (unpaired) electrons. The predicted molar refractivity (Wildman–Crippen MR) is 77.4 cm³/mol. The third kappa shape index (κ3) is 3.78. The minimum absolute atomic E-state index is 0.123. The zero-order chi connectivity index (χ0) is 14.8. The van der Waals surface area contributed by atoms with Gasteiger partial charge in [-0.2, -0.15) is 0 Å². The van der Waals surface area contributed by atoms with Gasteiger partial charge in [0.15, 0.2) is 0 Å². The summed E-state index contributed by atoms with van der Waals surface area (Å²) in [6.45, 7) is 4.12. The van der Waals surface area contributed by atoms with Crippen molar-refractivity contribution in [3.05, 3.63) is 16.5 Å². The van der Waals surface area contributed by atoms with E-state index in [0.29, 0.717) is 18.0 Å². The van der Waals surface area contributed by atoms with Crippen molar-refractivity contribution in [1.82, 2.24) is 9.62 Å². The first kappa shape index (κ1) is 15.9. The summed E-state index contributed by atoms with van der Waals surface area (Å²) >= 11 is 1.10. The lowest BCUT2D eigenvalue weighted by Gasteiger charge is -2.29. The van der Waals surface area contributed by atoms with Gasteiger partial charge >= 0.3 is 0 Å². The Morgan fingerprint density at radius 2 is 2.35 bits per heavy atom. The third-order valence-corrected chi connectivity index (χ3v) is 6.37. The Bertz CT molecular complexity index is 556. The molecule has 1 unspecified atom stereocenters. The second-order valence-corrected chi connectivity index (χ2v) is 8.07. The number of aryl methyl sites for hydroxylation is 1. The van der Waals surface area contributed by atoms with E-state index in [1.54, 1.807) is 13.0 Å². The van der Waals surface area contributed by atoms with Crippen molar-refractivity contribution in [2.24, 2.45) is 0 Å². The summed E-state index contributed by atoms with van der Waals surface area (Å²) in [7, 11) is -1.54. The van der Waals surface area contributed by atoms with Gasteiger partial charge in [0.25, 0.3) is 0 Å². The Hall–Kier alpha value is -0.510. The number of aliphatic hydroxyl groups is 1. The summed E-state index contributed by atoms with van der Waals surface area (Å²) in [5, 5.41) is 9.13. The molecule has 114 valence electrons. The first-order valence-electron chi connectivity index (χ1n) is 6.42. The van der Waals surface area contributed by atoms with Crippen molar-refractivity contribution < 1.29 is 18.3 Å². The molecule has 20 heavy (non-hydrogen) atoms. The van der Waals surface area contributed by atoms with Crippen LogP contribution in [0.25, 0.3) is 0 Å². The fourth-order valence-electron chi connectivity index (χ4n) is 2.04. The molecule has 6 nitrogen and oxygen atoms in total. The Kier molecular flexibility index (Phi) is 5.16. The molecule has 1 aromatic heterocycles. The largest absolute Gasteiger partial charge is 0.391 e. The van der Waals surface area contributed by atoms with Crippen molar-refractivity contribution in [3.8, 4) is 0 Å². The van der Waals surface area contributed by atoms with Crippen LogP contribution in [0.2, 0.25) is 0 Å². The molecule has 0 saturated carbocycles. The predicted octanol–water partition coefficient (Wildman–Crippen LogP) is 0.158. The number of ether oxygens (including phenoxy) is 1. The highest BCUT2D eigenvalue weighted by atomic mass is 32.2. The molecule has 1 fully saturated rings. The third-order valence-electron chi connectivity index (χ3n) is 3.25. The van der Waals surface area contributed by atoms with Gasteiger partial charge in [-0.15, -0.1) is 11.3 Å². The Morgan fingerprint density at radius 3 is 2.95 bits per heavy atom. The van der Waals surface area contributed by atoms with Crippen LogP contribution in [0.1, 0.15) is 10.4 Å². The number of likely N-dealkylation sites (N-methyl/N-ethyl adjacent to an activating group) is 1. The second kappa shape index (κ2) is 6.50. The molecule has 1 aliphatic rings. The molecule has 1 atom stereocenters. The van der Waals surface area contributed by atoms with Gasteiger partial charge in [-0.3, -0.25) is 0 Å². The maximum absolute atomic E-state index is 12.2. The Balaban J connectivity index is 1.99. The van der Waals surface area contributed by atoms with Crippen LogP contribution in [-0.2, 0) is 21.4 Å². The Labute approximate surface area is 123 Å². The normalized spacial score (nSPS) is 21.2. The number of rotatable bonds is 5. The molecule has 1 aromatic rings. The quantitative estimate of drug-likeness (QED) is 0.808. The molecule has 2 heterocycles. The molecular weight excluding hydrogens is 300 g/mol. The first-order chi connectivity index (χ1) is 9.42. The maximum atomic E-state index is 12.2. The van der Waals surface area contributed by atoms with E-state index in [-0.39, 0.29) is 23.5 Å². The standard InChI is InChI=1S/C12H20N2O4S2/c1-9-5-12(19-11(9)8-15)20(16,17)13-6-10-7-14(2)3-4-18-10/h5,10,13,15H,3-4,6-8H2,1-2H3. The summed E-state index contributed by atoms with van der Waals surface area (Å²) in [4.78, 5) is 2.79. The van der Waals surface area contributed by atoms with Crippen LogP contribution in [0, 0.1) is 6.92 Å². The lowest BCUT2D eigenvalue weighted by atomic mass is 10.3. The molecule has 0 aliphatic carbocycles. The van der Waals surface area contributed by atoms with E-state index in [1.807, 2.05) is 7.05 Å². The van der Waals surface area contributed by atoms with E-state index in [4.69, 9.17) is 9.84 Å². The van der Waals surface area contributed by atoms with Crippen LogP contribution < -0.4 is 4.72 Å². The SMILES string of the molecule is Cc1cc(S(=O)(=O)NCC2CN(C)CCO2)sc1CO. The van der Waals surface area contributed by atoms with Gasteiger partial charge in [-0.05, 0) is 25.6 Å². The van der Waals surface area contributed by atoms with E-state index in [2.05, 4.69) is 9.62 Å². The number of hydrogen-bond donors (Lipinski definition) is 2. The molecule has 1 saturated heterocycles. The van der Waals surface area contributed by atoms with Gasteiger partial charge in [0.1, 0.15) is 4.21 Å². The molecule has 0 aromatic carbocycles. The topological polar surface area (TPSA) is 78.9 Å². The number of thiophene rings is 1. The second-order valence-electron chi connectivity index (χ2n) is 4.94. The summed E-state index contributed by atoms with van der Waals surface area (Å²) in [6, 6.07) is 1.59. The average Bonchev–Trinajstić information content (AvgIpc) is 2.79. The fourth-order valence-corrected chi connectivity index (χ4v) is 4.60. The number of morpholine rings is 1. The van der Waals surface area contributed by atoms with E-state index in [1.165, 1.54) is 0 Å². The van der Waals surface area contributed by atoms with E-state index >= 15 is 0 Å². The fraction of sp³-hybridized carbons (Fsp3) is 0.667. The van der Waals surface area contributed by atoms with Crippen LogP contribution in [0.4, 0.5) is 0 Å². The van der Waals surface area contributed by atoms with Crippen molar-refractivity contribution in [3.63, 3.8) is 0 Å². The zero-order valence-electron chi connectivity index (χ0n) is 11.6. The molecule has 8 heteroatoms. The monoisotopic (exact) mass is 320 g/mol. The van der Waals surface area contributed by atoms with Gasteiger partial charge in [0.2, 0.25) is 10.0 Å². The van der Waals surface area contributed by atoms with Crippen LogP contribution in [0.15, 0.2) is 10.3 Å². The summed E-state index contributed by atoms with van der Waals surface area (Å²) in [5.41, 5.74) is 0.798. The molecule has 0 spiro atoms. The summed E-state index contributed by atoms with van der Waals surface area (Å²) in [6.07, 6.45) is -0.123. The molecule has 1 aliphatic heterocycles. The number of nitrogens with one attached hydrogen (secondary N) is 1. The number of aliphatic hydroxyl groups excluding tert-OH is 1. The first-order valence-corrected chi connectivity index (χ1v) is 8.72. The molecular formula is C12H20N2O4S2. The highest BCUT2D eigenvalue weighted by Crippen LogP contribution is 2.25. The highest BCUT2D eigenvalue weighted by molar-refractivity contribution is 7.91. The van der Waals surface area contributed by atoms with E-state index < -0.39 is 10.0 Å². The van der Waals surface area contributed by atoms with Crippen molar-refractivity contribution >= 4 is 21.4 Å². The van der Waals surface area contributed by atoms with Gasteiger partial charge < -0.3 is 14.7 Å². The number of hydrogen-bond acceptors (Lipinski definition) is 6. The summed E-state index contributed by atoms with van der Waals surface area (Å²) in [5.74, 6) is 0. The van der Waals surface area contributed by atoms with Gasteiger partial charge in [-0.25, -0.2) is 13.1 Å². The van der Waals surface area contributed by atoms with Gasteiger partial charge in [0, 0.05) is 24.5 Å².